The largest absolute Gasteiger partial charge is 0.479 e. The van der Waals surface area contributed by atoms with Crippen LogP contribution in [-0.2, 0) is 61.3 Å². The Kier molecular flexibility index (Phi) is 23.3. The van der Waals surface area contributed by atoms with E-state index < -0.39 is 108 Å². The monoisotopic (exact) mass is 1430 g/mol. The number of ether oxygens (including phenoxy) is 6. The summed E-state index contributed by atoms with van der Waals surface area (Å²) in [5.41, 5.74) is 0.889. The van der Waals surface area contributed by atoms with Crippen molar-refractivity contribution in [3.05, 3.63) is 106 Å². The number of rotatable bonds is 18. The Morgan fingerprint density at radius 2 is 0.323 bits per heavy atom. The summed E-state index contributed by atoms with van der Waals surface area (Å²) >= 11 is 6.86. The number of hydrogen-bond acceptors (Lipinski definition) is 18. The Labute approximate surface area is 581 Å². The molecule has 0 aliphatic heterocycles. The molecule has 18 nitrogen and oxygen atoms in total. The summed E-state index contributed by atoms with van der Waals surface area (Å²) in [5, 5.41) is 62.4. The number of benzene rings is 6. The van der Waals surface area contributed by atoms with Crippen LogP contribution >= 0.6 is 68.0 Å². The predicted molar refractivity (Wildman–Crippen MR) is 389 cm³/mol. The topological polar surface area (TPSA) is 279 Å². The van der Waals surface area contributed by atoms with E-state index in [-0.39, 0.29) is 34.5 Å². The van der Waals surface area contributed by atoms with Crippen molar-refractivity contribution in [2.45, 2.75) is 157 Å². The molecule has 6 N–H and O–H groups in total. The van der Waals surface area contributed by atoms with Crippen molar-refractivity contribution in [2.75, 3.05) is 39.6 Å². The van der Waals surface area contributed by atoms with Gasteiger partial charge in [-0.3, -0.25) is 0 Å². The molecule has 1 aromatic heterocycles. The van der Waals surface area contributed by atoms with Crippen molar-refractivity contribution >= 4 is 160 Å². The zero-order valence-corrected chi connectivity index (χ0v) is 62.1. The molecule has 24 heteroatoms. The molecule has 0 fully saturated rings. The van der Waals surface area contributed by atoms with Crippen molar-refractivity contribution in [2.24, 2.45) is 0 Å². The molecule has 7 rings (SSSR count). The van der Waals surface area contributed by atoms with Gasteiger partial charge in [-0.05, 0) is 139 Å². The van der Waals surface area contributed by atoms with E-state index in [9.17, 15) is 59.4 Å². The highest BCUT2D eigenvalue weighted by atomic mass is 32.1. The molecule has 6 aromatic carbocycles. The SMILES string of the molecule is CC(C)(C)c1cc2sc3cc(C(C)(C)C)cc(sc4cc(C(C)(C)C)cc(sc5cc(C(C)(C)C)cc(sc6cc(C(C)(C)C)cc(sc7cc(C(C)(C)C)cc(sc(c1)c2OCC(=O)O)c7OCC(=O)O)c6OCC(=O)O)c5OCC(=O)O)c4OCC(=O)O)c3OCC(=O)O. The molecule has 0 amide bonds. The summed E-state index contributed by atoms with van der Waals surface area (Å²) in [5.74, 6) is -7.15. The molecule has 7 aromatic rings. The molecule has 0 atom stereocenters. The van der Waals surface area contributed by atoms with Crippen LogP contribution in [0.4, 0.5) is 0 Å². The van der Waals surface area contributed by atoms with Crippen molar-refractivity contribution in [3.8, 4) is 34.5 Å². The Morgan fingerprint density at radius 1 is 0.229 bits per heavy atom. The van der Waals surface area contributed by atoms with E-state index >= 15 is 0 Å². The Morgan fingerprint density at radius 3 is 0.396 bits per heavy atom. The van der Waals surface area contributed by atoms with Gasteiger partial charge in [0.2, 0.25) is 0 Å². The van der Waals surface area contributed by atoms with Gasteiger partial charge in [0.1, 0.15) is 0 Å². The van der Waals surface area contributed by atoms with Crippen LogP contribution < -0.4 is 28.4 Å². The van der Waals surface area contributed by atoms with Crippen LogP contribution in [0.25, 0.3) is 56.4 Å². The van der Waals surface area contributed by atoms with E-state index in [1.807, 2.05) is 197 Å². The third-order valence-corrected chi connectivity index (χ3v) is 21.0. The van der Waals surface area contributed by atoms with Crippen molar-refractivity contribution < 1.29 is 87.8 Å². The predicted octanol–water partition coefficient (Wildman–Crippen LogP) is 18.6. The number of fused-ring (bicyclic) bond motifs is 12. The molecular formula is C72H84O18S6. The number of aliphatic carboxylic acids is 6. The molecule has 1 heterocycles. The molecule has 96 heavy (non-hydrogen) atoms. The number of hydrogen-bond donors (Lipinski definition) is 6. The van der Waals surface area contributed by atoms with Gasteiger partial charge < -0.3 is 59.1 Å². The smallest absolute Gasteiger partial charge is 0.341 e. The van der Waals surface area contributed by atoms with E-state index in [4.69, 9.17) is 28.4 Å². The first-order valence-corrected chi connectivity index (χ1v) is 35.4. The van der Waals surface area contributed by atoms with Gasteiger partial charge in [0.25, 0.3) is 0 Å². The van der Waals surface area contributed by atoms with Gasteiger partial charge in [0.05, 0.1) is 56.4 Å². The highest BCUT2D eigenvalue weighted by Gasteiger charge is 2.27. The molecule has 516 valence electrons. The van der Waals surface area contributed by atoms with Crippen molar-refractivity contribution in [1.82, 2.24) is 0 Å². The Balaban J connectivity index is 2.06. The van der Waals surface area contributed by atoms with Crippen LogP contribution in [0.3, 0.4) is 0 Å². The average Bonchev–Trinajstić information content (AvgIpc) is 0.772. The zero-order valence-electron chi connectivity index (χ0n) is 57.2. The van der Waals surface area contributed by atoms with Crippen molar-refractivity contribution in [3.63, 3.8) is 0 Å². The van der Waals surface area contributed by atoms with Crippen LogP contribution in [-0.4, -0.2) is 106 Å². The zero-order chi connectivity index (χ0) is 71.5. The molecule has 0 unspecified atom stereocenters. The molecule has 0 aliphatic rings. The summed E-state index contributed by atoms with van der Waals surface area (Å²) < 4.78 is 43.2. The highest BCUT2D eigenvalue weighted by Crippen LogP contribution is 2.49. The van der Waals surface area contributed by atoms with E-state index in [1.165, 1.54) is 0 Å². The maximum Gasteiger partial charge on any atom is 0.341 e. The molecule has 0 saturated carbocycles. The summed E-state index contributed by atoms with van der Waals surface area (Å²) in [7, 11) is 0. The second-order valence-corrected chi connectivity index (χ2v) is 35.5. The van der Waals surface area contributed by atoms with Gasteiger partial charge in [0.15, 0.2) is 74.1 Å². The lowest BCUT2D eigenvalue weighted by Gasteiger charge is -2.22. The van der Waals surface area contributed by atoms with Crippen LogP contribution in [0.15, 0.2) is 72.8 Å². The van der Waals surface area contributed by atoms with Gasteiger partial charge in [0, 0.05) is 0 Å². The fraction of sp³-hybridized carbons (Fsp3) is 0.417. The Hall–Kier alpha value is -7.74. The lowest BCUT2D eigenvalue weighted by Crippen LogP contribution is -2.13. The second-order valence-electron chi connectivity index (χ2n) is 29.0. The first-order chi connectivity index (χ1) is 44.3. The first-order valence-electron chi connectivity index (χ1n) is 30.5. The summed E-state index contributed by atoms with van der Waals surface area (Å²) in [6, 6.07) is 22.5. The van der Waals surface area contributed by atoms with E-state index in [2.05, 4.69) is 0 Å². The lowest BCUT2D eigenvalue weighted by atomic mass is 9.87. The Bertz CT molecular complexity index is 3620. The molecular weight excluding hydrogens is 1350 g/mol. The third-order valence-electron chi connectivity index (χ3n) is 14.7. The molecule has 0 spiro atoms. The molecule has 0 saturated heterocycles. The minimum absolute atomic E-state index is 0.103. The molecule has 0 aliphatic carbocycles. The minimum atomic E-state index is -1.29. The van der Waals surface area contributed by atoms with Gasteiger partial charge in [-0.1, -0.05) is 125 Å². The van der Waals surface area contributed by atoms with Gasteiger partial charge in [-0.15, -0.1) is 68.0 Å². The fourth-order valence-corrected chi connectivity index (χ4v) is 16.5. The van der Waals surface area contributed by atoms with Gasteiger partial charge in [-0.2, -0.15) is 0 Å². The molecule has 12 bridgehead atoms. The number of carboxylic acid groups (broad SMARTS) is 6. The number of carbonyl (C=O) groups is 6. The average molecular weight is 1430 g/mol. The van der Waals surface area contributed by atoms with E-state index in [0.717, 1.165) is 101 Å². The molecule has 0 radical (unpaired) electrons. The van der Waals surface area contributed by atoms with Gasteiger partial charge in [-0.25, -0.2) is 28.8 Å². The van der Waals surface area contributed by atoms with Crippen LogP contribution in [0.1, 0.15) is 158 Å². The van der Waals surface area contributed by atoms with E-state index in [1.54, 1.807) is 0 Å². The van der Waals surface area contributed by atoms with E-state index in [0.29, 0.717) is 56.4 Å². The van der Waals surface area contributed by atoms with Crippen LogP contribution in [0, 0.1) is 0 Å². The van der Waals surface area contributed by atoms with Gasteiger partial charge >= 0.3 is 35.8 Å². The summed E-state index contributed by atoms with van der Waals surface area (Å²) in [4.78, 5) is 76.6. The quantitative estimate of drug-likeness (QED) is 0.0466. The van der Waals surface area contributed by atoms with Crippen LogP contribution in [0.2, 0.25) is 0 Å². The number of carboxylic acids is 6. The summed E-state index contributed by atoms with van der Waals surface area (Å²) in [6.07, 6.45) is 0. The summed E-state index contributed by atoms with van der Waals surface area (Å²) in [6.45, 7) is 31.2. The first kappa shape index (κ1) is 75.6. The van der Waals surface area contributed by atoms with Crippen molar-refractivity contribution in [1.29, 1.82) is 0 Å². The maximum absolute atomic E-state index is 12.8. The fourth-order valence-electron chi connectivity index (χ4n) is 9.34. The minimum Gasteiger partial charge on any atom is -0.479 e. The lowest BCUT2D eigenvalue weighted by molar-refractivity contribution is -0.140. The standard InChI is InChI=1S/C72H84O18S6/c1-67(2,3)37-19-43-61(85-31-55(73)74)44(20-37)92-46-22-39(69(7,8)9)24-48(63(46)87-33-57(77)78)94-50-26-41(71(13,14)15)28-52(65(50)89-35-59(81)82)96-54-30-42(72(16,17)18)29-53(66(54)90-36-60(83)84)95-51-27-40(70(10,11)12)25-49(64(51)88-34-58(79)80)93-47-23-38(68(4,5)6)21-45(91-43)62(47)86-32-56(75)76/h19-30H,31-36H2,1-18H3,(H,73,74)(H,75,76)(H,77,78)(H,79,80)(H,81,82)(H,83,84). The second kappa shape index (κ2) is 29.5. The maximum atomic E-state index is 12.8. The highest BCUT2D eigenvalue weighted by molar-refractivity contribution is 7.29. The third kappa shape index (κ3) is 19.7. The van der Waals surface area contributed by atoms with Crippen LogP contribution in [0.5, 0.6) is 34.5 Å². The normalized spacial score (nSPS) is 12.2.